The zero-order chi connectivity index (χ0) is 9.52. The number of nitrogens with zero attached hydrogens (tertiary/aromatic N) is 1. The molecular formula is C9H10N2O2. The number of furan rings is 1. The Labute approximate surface area is 76.2 Å². The number of carbonyl (C=O) groups excluding carboxylic acids is 1. The van der Waals surface area contributed by atoms with Crippen LogP contribution in [0.2, 0.25) is 0 Å². The molecule has 0 saturated carbocycles. The zero-order valence-electron chi connectivity index (χ0n) is 7.12. The Kier molecular flexibility index (Phi) is 3.58. The molecule has 0 saturated heterocycles. The molecule has 1 aromatic rings. The summed E-state index contributed by atoms with van der Waals surface area (Å²) < 4.78 is 5.06. The molecule has 0 atom stereocenters. The number of hydrogen-bond donors (Lipinski definition) is 1. The van der Waals surface area contributed by atoms with Gasteiger partial charge in [-0.2, -0.15) is 5.26 Å². The van der Waals surface area contributed by atoms with E-state index in [-0.39, 0.29) is 12.3 Å². The maximum atomic E-state index is 10.8. The highest BCUT2D eigenvalue weighted by molar-refractivity contribution is 5.77. The van der Waals surface area contributed by atoms with Gasteiger partial charge in [0.1, 0.15) is 12.2 Å². The van der Waals surface area contributed by atoms with E-state index in [0.29, 0.717) is 13.0 Å². The van der Waals surface area contributed by atoms with Crippen LogP contribution in [0.25, 0.3) is 0 Å². The van der Waals surface area contributed by atoms with Crippen molar-refractivity contribution in [3.8, 4) is 6.07 Å². The molecule has 4 heteroatoms. The van der Waals surface area contributed by atoms with E-state index in [1.807, 2.05) is 6.07 Å². The van der Waals surface area contributed by atoms with Crippen LogP contribution in [0.5, 0.6) is 0 Å². The molecule has 0 aliphatic carbocycles. The van der Waals surface area contributed by atoms with Crippen molar-refractivity contribution in [1.29, 1.82) is 5.26 Å². The van der Waals surface area contributed by atoms with Gasteiger partial charge in [-0.3, -0.25) is 4.79 Å². The second-order valence-electron chi connectivity index (χ2n) is 2.51. The molecule has 0 aliphatic rings. The van der Waals surface area contributed by atoms with E-state index in [0.717, 1.165) is 5.76 Å². The molecule has 68 valence electrons. The number of hydrogen-bond acceptors (Lipinski definition) is 3. The van der Waals surface area contributed by atoms with Crippen LogP contribution in [0, 0.1) is 11.3 Å². The first-order chi connectivity index (χ1) is 6.33. The first kappa shape index (κ1) is 9.33. The van der Waals surface area contributed by atoms with Gasteiger partial charge in [-0.25, -0.2) is 0 Å². The average Bonchev–Trinajstić information content (AvgIpc) is 2.57. The highest BCUT2D eigenvalue weighted by Gasteiger charge is 1.99. The molecular weight excluding hydrogens is 168 g/mol. The summed E-state index contributed by atoms with van der Waals surface area (Å²) in [5.41, 5.74) is 0. The number of amides is 1. The first-order valence-corrected chi connectivity index (χ1v) is 3.99. The Balaban J connectivity index is 2.15. The molecule has 0 bridgehead atoms. The first-order valence-electron chi connectivity index (χ1n) is 3.99. The molecule has 13 heavy (non-hydrogen) atoms. The van der Waals surface area contributed by atoms with E-state index in [2.05, 4.69) is 5.32 Å². The average molecular weight is 178 g/mol. The molecule has 0 fully saturated rings. The van der Waals surface area contributed by atoms with E-state index < -0.39 is 0 Å². The number of rotatable bonds is 4. The van der Waals surface area contributed by atoms with Crippen molar-refractivity contribution < 1.29 is 9.21 Å². The van der Waals surface area contributed by atoms with Gasteiger partial charge in [0.05, 0.1) is 12.3 Å². The van der Waals surface area contributed by atoms with Gasteiger partial charge < -0.3 is 9.73 Å². The van der Waals surface area contributed by atoms with E-state index in [4.69, 9.17) is 9.68 Å². The largest absolute Gasteiger partial charge is 0.469 e. The maximum Gasteiger partial charge on any atom is 0.234 e. The van der Waals surface area contributed by atoms with Gasteiger partial charge in [0.2, 0.25) is 5.91 Å². The Bertz CT molecular complexity index is 298. The number of nitriles is 1. The minimum atomic E-state index is -0.242. The number of nitrogens with one attached hydrogen (secondary N) is 1. The summed E-state index contributed by atoms with van der Waals surface area (Å²) in [5.74, 6) is 0.589. The maximum absolute atomic E-state index is 10.8. The Morgan fingerprint density at radius 2 is 2.54 bits per heavy atom. The van der Waals surface area contributed by atoms with Crippen molar-refractivity contribution in [2.45, 2.75) is 12.8 Å². The van der Waals surface area contributed by atoms with Crippen molar-refractivity contribution in [2.24, 2.45) is 0 Å². The summed E-state index contributed by atoms with van der Waals surface area (Å²) >= 11 is 0. The standard InChI is InChI=1S/C9H10N2O2/c10-5-3-9(12)11-6-4-8-2-1-7-13-8/h1-2,7H,3-4,6H2,(H,11,12). The van der Waals surface area contributed by atoms with Crippen LogP contribution in [0.15, 0.2) is 22.8 Å². The highest BCUT2D eigenvalue weighted by atomic mass is 16.3. The number of carbonyl (C=O) groups is 1. The molecule has 0 spiro atoms. The van der Waals surface area contributed by atoms with Crippen LogP contribution in [-0.4, -0.2) is 12.5 Å². The summed E-state index contributed by atoms with van der Waals surface area (Å²) in [4.78, 5) is 10.8. The van der Waals surface area contributed by atoms with Gasteiger partial charge in [-0.1, -0.05) is 0 Å². The van der Waals surface area contributed by atoms with Crippen LogP contribution < -0.4 is 5.32 Å². The molecule has 1 amide bonds. The lowest BCUT2D eigenvalue weighted by Gasteiger charge is -1.99. The van der Waals surface area contributed by atoms with E-state index in [1.54, 1.807) is 18.4 Å². The Morgan fingerprint density at radius 3 is 3.15 bits per heavy atom. The van der Waals surface area contributed by atoms with Crippen LogP contribution in [0.3, 0.4) is 0 Å². The van der Waals surface area contributed by atoms with Crippen LogP contribution in [0.1, 0.15) is 12.2 Å². The summed E-state index contributed by atoms with van der Waals surface area (Å²) in [6.07, 6.45) is 2.16. The minimum Gasteiger partial charge on any atom is -0.469 e. The van der Waals surface area contributed by atoms with Gasteiger partial charge in [-0.05, 0) is 12.1 Å². The molecule has 1 aromatic heterocycles. The summed E-state index contributed by atoms with van der Waals surface area (Å²) in [6, 6.07) is 5.42. The minimum absolute atomic E-state index is 0.0852. The van der Waals surface area contributed by atoms with E-state index in [1.165, 1.54) is 0 Å². The monoisotopic (exact) mass is 178 g/mol. The smallest absolute Gasteiger partial charge is 0.234 e. The van der Waals surface area contributed by atoms with Gasteiger partial charge in [0.15, 0.2) is 0 Å². The molecule has 1 N–H and O–H groups in total. The van der Waals surface area contributed by atoms with Crippen LogP contribution in [0.4, 0.5) is 0 Å². The predicted octanol–water partition coefficient (Wildman–Crippen LogP) is 0.852. The second kappa shape index (κ2) is 4.99. The Morgan fingerprint density at radius 1 is 1.69 bits per heavy atom. The fraction of sp³-hybridized carbons (Fsp3) is 0.333. The van der Waals surface area contributed by atoms with Crippen molar-refractivity contribution in [3.05, 3.63) is 24.2 Å². The fourth-order valence-corrected chi connectivity index (χ4v) is 0.914. The molecule has 0 unspecified atom stereocenters. The van der Waals surface area contributed by atoms with Gasteiger partial charge in [-0.15, -0.1) is 0 Å². The summed E-state index contributed by atoms with van der Waals surface area (Å²) in [7, 11) is 0. The van der Waals surface area contributed by atoms with Crippen molar-refractivity contribution in [2.75, 3.05) is 6.54 Å². The van der Waals surface area contributed by atoms with Crippen molar-refractivity contribution >= 4 is 5.91 Å². The molecule has 0 aromatic carbocycles. The zero-order valence-corrected chi connectivity index (χ0v) is 7.12. The van der Waals surface area contributed by atoms with Crippen molar-refractivity contribution in [3.63, 3.8) is 0 Å². The van der Waals surface area contributed by atoms with Gasteiger partial charge in [0.25, 0.3) is 0 Å². The summed E-state index contributed by atoms with van der Waals surface area (Å²) in [5, 5.41) is 10.8. The van der Waals surface area contributed by atoms with E-state index >= 15 is 0 Å². The SMILES string of the molecule is N#CCC(=O)NCCc1ccco1. The van der Waals surface area contributed by atoms with Crippen molar-refractivity contribution in [1.82, 2.24) is 5.32 Å². The van der Waals surface area contributed by atoms with Crippen LogP contribution >= 0.6 is 0 Å². The lowest BCUT2D eigenvalue weighted by molar-refractivity contribution is -0.120. The summed E-state index contributed by atoms with van der Waals surface area (Å²) in [6.45, 7) is 0.508. The molecule has 0 radical (unpaired) electrons. The van der Waals surface area contributed by atoms with Gasteiger partial charge >= 0.3 is 0 Å². The molecule has 1 rings (SSSR count). The highest BCUT2D eigenvalue weighted by Crippen LogP contribution is 1.99. The quantitative estimate of drug-likeness (QED) is 0.743. The fourth-order valence-electron chi connectivity index (χ4n) is 0.914. The third-order valence-corrected chi connectivity index (χ3v) is 1.51. The second-order valence-corrected chi connectivity index (χ2v) is 2.51. The third kappa shape index (κ3) is 3.43. The van der Waals surface area contributed by atoms with Crippen LogP contribution in [-0.2, 0) is 11.2 Å². The lowest BCUT2D eigenvalue weighted by atomic mass is 10.3. The van der Waals surface area contributed by atoms with E-state index in [9.17, 15) is 4.79 Å². The molecule has 4 nitrogen and oxygen atoms in total. The normalized spacial score (nSPS) is 9.15. The van der Waals surface area contributed by atoms with Gasteiger partial charge in [0, 0.05) is 13.0 Å². The third-order valence-electron chi connectivity index (χ3n) is 1.51. The lowest BCUT2D eigenvalue weighted by Crippen LogP contribution is -2.24. The molecule has 1 heterocycles. The Hall–Kier alpha value is -1.76. The molecule has 0 aliphatic heterocycles. The predicted molar refractivity (Wildman–Crippen MR) is 45.7 cm³/mol. The topological polar surface area (TPSA) is 66.0 Å².